The normalized spacial score (nSPS) is 11.0. The minimum Gasteiger partial charge on any atom is -0.323 e. The van der Waals surface area contributed by atoms with E-state index in [4.69, 9.17) is 28.7 Å². The van der Waals surface area contributed by atoms with E-state index in [1.807, 2.05) is 0 Å². The van der Waals surface area contributed by atoms with Gasteiger partial charge in [-0.25, -0.2) is 4.98 Å². The first-order valence-corrected chi connectivity index (χ1v) is 4.59. The summed E-state index contributed by atoms with van der Waals surface area (Å²) >= 11 is 12.3. The van der Waals surface area contributed by atoms with Crippen LogP contribution in [0.5, 0.6) is 0 Å². The van der Waals surface area contributed by atoms with Crippen molar-refractivity contribution in [3.63, 3.8) is 0 Å². The molecule has 0 aliphatic rings. The van der Waals surface area contributed by atoms with Crippen molar-refractivity contribution < 1.29 is 4.18 Å². The Balaban J connectivity index is 2.56. The molecule has 0 aliphatic heterocycles. The lowest BCUT2D eigenvalue weighted by molar-refractivity contribution is 0.369. The molecule has 0 aromatic carbocycles. The zero-order chi connectivity index (χ0) is 9.68. The number of hydrogen-bond donors (Lipinski definition) is 0. The van der Waals surface area contributed by atoms with Crippen molar-refractivity contribution in [2.45, 2.75) is 6.61 Å². The third-order valence-corrected chi connectivity index (χ3v) is 1.76. The topological polar surface area (TPSA) is 22.1 Å². The van der Waals surface area contributed by atoms with Gasteiger partial charge in [-0.2, -0.15) is 0 Å². The van der Waals surface area contributed by atoms with Gasteiger partial charge in [0.05, 0.1) is 6.61 Å². The largest absolute Gasteiger partial charge is 0.323 e. The molecule has 0 spiro atoms. The molecular weight excluding hydrogens is 216 g/mol. The van der Waals surface area contributed by atoms with Crippen molar-refractivity contribution in [2.24, 2.45) is 0 Å². The molecule has 12 heavy (non-hydrogen) atoms. The summed E-state index contributed by atoms with van der Waals surface area (Å²) in [5, 5.41) is 0.678. The number of halogens is 2. The van der Waals surface area contributed by atoms with Gasteiger partial charge in [-0.1, -0.05) is 35.1 Å². The smallest absolute Gasteiger partial charge is 0.209 e. The Labute approximate surface area is 87.5 Å². The fourth-order valence-electron chi connectivity index (χ4n) is 0.700. The summed E-state index contributed by atoms with van der Waals surface area (Å²) in [5.74, 6) is 0. The predicted octanol–water partition coefficient (Wildman–Crippen LogP) is 2.37. The highest BCUT2D eigenvalue weighted by Gasteiger charge is 1.98. The van der Waals surface area contributed by atoms with Crippen LogP contribution in [0.25, 0.3) is 0 Å². The second-order valence-corrected chi connectivity index (χ2v) is 3.18. The standard InChI is InChI=1S/C6H5BCl2NOS/c7-12-11-3-4-1-5(8)10-6(9)2-4/h1-2,7H,3H2/i7T. The van der Waals surface area contributed by atoms with Crippen molar-refractivity contribution in [3.8, 4) is 0 Å². The zero-order valence-corrected chi connectivity index (χ0v) is 8.29. The fourth-order valence-corrected chi connectivity index (χ4v) is 1.41. The summed E-state index contributed by atoms with van der Waals surface area (Å²) in [6.07, 6.45) is 0. The molecule has 0 saturated carbocycles. The Morgan fingerprint density at radius 1 is 1.58 bits per heavy atom. The minimum atomic E-state index is 0.339. The van der Waals surface area contributed by atoms with Crippen molar-refractivity contribution in [2.75, 3.05) is 0 Å². The Hall–Kier alpha value is 0.105. The highest BCUT2D eigenvalue weighted by Crippen LogP contribution is 2.16. The summed E-state index contributed by atoms with van der Waals surface area (Å²) in [7, 11) is 1.10. The third-order valence-electron chi connectivity index (χ3n) is 1.12. The molecule has 1 aromatic heterocycles. The maximum atomic E-state index is 6.70. The van der Waals surface area contributed by atoms with Crippen molar-refractivity contribution >= 4 is 42.2 Å². The molecule has 0 atom stereocenters. The van der Waals surface area contributed by atoms with Crippen LogP contribution in [0, 0.1) is 0 Å². The van der Waals surface area contributed by atoms with E-state index in [9.17, 15) is 0 Å². The van der Waals surface area contributed by atoms with Crippen LogP contribution >= 0.6 is 35.1 Å². The van der Waals surface area contributed by atoms with Gasteiger partial charge < -0.3 is 4.18 Å². The van der Waals surface area contributed by atoms with E-state index in [2.05, 4.69) is 4.98 Å². The van der Waals surface area contributed by atoms with Crippen LogP contribution in [0.1, 0.15) is 5.56 Å². The van der Waals surface area contributed by atoms with Gasteiger partial charge in [-0.15, -0.1) is 0 Å². The number of pyridine rings is 1. The van der Waals surface area contributed by atoms with Gasteiger partial charge >= 0.3 is 0 Å². The molecule has 0 N–H and O–H groups in total. The summed E-state index contributed by atoms with van der Waals surface area (Å²) in [6.45, 7) is 0.349. The van der Waals surface area contributed by atoms with Gasteiger partial charge in [0.15, 0.2) is 0 Å². The Morgan fingerprint density at radius 2 is 2.25 bits per heavy atom. The Kier molecular flexibility index (Phi) is 3.60. The first kappa shape index (κ1) is 8.69. The third kappa shape index (κ3) is 3.23. The van der Waals surface area contributed by atoms with Crippen molar-refractivity contribution in [1.29, 1.82) is 1.34 Å². The second-order valence-electron chi connectivity index (χ2n) is 1.98. The number of rotatable bonds is 4. The van der Waals surface area contributed by atoms with Gasteiger partial charge in [0, 0.05) is 0 Å². The molecular formula is C6H5BCl2NOS. The van der Waals surface area contributed by atoms with Gasteiger partial charge in [-0.05, 0) is 19.0 Å². The zero-order valence-electron chi connectivity index (χ0n) is 6.96. The molecule has 1 heterocycles. The van der Waals surface area contributed by atoms with E-state index in [0.29, 0.717) is 16.9 Å². The molecule has 1 radical (unpaired) electrons. The van der Waals surface area contributed by atoms with E-state index in [-0.39, 0.29) is 0 Å². The Bertz CT molecular complexity index is 271. The van der Waals surface area contributed by atoms with E-state index in [0.717, 1.165) is 24.5 Å². The molecule has 0 amide bonds. The van der Waals surface area contributed by atoms with Crippen LogP contribution < -0.4 is 0 Å². The van der Waals surface area contributed by atoms with Crippen LogP contribution in [0.3, 0.4) is 0 Å². The molecule has 0 unspecified atom stereocenters. The average Bonchev–Trinajstić information content (AvgIpc) is 2.03. The first-order chi connectivity index (χ1) is 6.22. The maximum absolute atomic E-state index is 6.70. The highest BCUT2D eigenvalue weighted by molar-refractivity contribution is 8.15. The molecule has 0 aliphatic carbocycles. The molecule has 1 rings (SSSR count). The fraction of sp³-hybridized carbons (Fsp3) is 0.167. The van der Waals surface area contributed by atoms with Gasteiger partial charge in [0.1, 0.15) is 10.3 Å². The summed E-state index contributed by atoms with van der Waals surface area (Å²) in [4.78, 5) is 3.79. The predicted molar refractivity (Wildman–Crippen MR) is 53.8 cm³/mol. The monoisotopic (exact) mass is 222 g/mol. The lowest BCUT2D eigenvalue weighted by Gasteiger charge is -2.01. The number of aromatic nitrogens is 1. The van der Waals surface area contributed by atoms with E-state index in [1.165, 1.54) is 0 Å². The van der Waals surface area contributed by atoms with Crippen molar-refractivity contribution in [1.82, 2.24) is 4.98 Å². The van der Waals surface area contributed by atoms with E-state index in [1.54, 1.807) is 12.1 Å². The first-order valence-electron chi connectivity index (χ1n) is 3.60. The quantitative estimate of drug-likeness (QED) is 0.338. The minimum absolute atomic E-state index is 0.339. The maximum Gasteiger partial charge on any atom is 0.209 e. The summed E-state index contributed by atoms with van der Waals surface area (Å²) in [5.41, 5.74) is 0.833. The van der Waals surface area contributed by atoms with Crippen LogP contribution in [0.4, 0.5) is 0 Å². The second kappa shape index (κ2) is 4.97. The lowest BCUT2D eigenvalue weighted by atomic mass is 10.3. The molecule has 0 bridgehead atoms. The van der Waals surface area contributed by atoms with Gasteiger partial charge in [0.2, 0.25) is 7.09 Å². The summed E-state index contributed by atoms with van der Waals surface area (Å²) in [6, 6.07) is 3.33. The molecule has 2 nitrogen and oxygen atoms in total. The van der Waals surface area contributed by atoms with Crippen molar-refractivity contribution in [3.05, 3.63) is 28.0 Å². The average molecular weight is 223 g/mol. The molecule has 1 aromatic rings. The molecule has 6 heteroatoms. The number of nitrogens with zero attached hydrogens (tertiary/aromatic N) is 1. The van der Waals surface area contributed by atoms with E-state index < -0.39 is 0 Å². The lowest BCUT2D eigenvalue weighted by Crippen LogP contribution is -1.88. The molecule has 63 valence electrons. The SMILES string of the molecule is [3H][B]SOCc1cc(Cl)nc(Cl)c1. The van der Waals surface area contributed by atoms with Crippen LogP contribution in [-0.4, -0.2) is 13.4 Å². The molecule has 0 fully saturated rings. The van der Waals surface area contributed by atoms with Gasteiger partial charge in [0.25, 0.3) is 0 Å². The van der Waals surface area contributed by atoms with Gasteiger partial charge in [-0.3, -0.25) is 0 Å². The highest BCUT2D eigenvalue weighted by atomic mass is 35.5. The molecule has 0 saturated heterocycles. The number of hydrogen-bond acceptors (Lipinski definition) is 3. The van der Waals surface area contributed by atoms with Crippen LogP contribution in [-0.2, 0) is 10.8 Å². The Morgan fingerprint density at radius 3 is 2.83 bits per heavy atom. The van der Waals surface area contributed by atoms with Crippen LogP contribution in [0.2, 0.25) is 10.3 Å². The van der Waals surface area contributed by atoms with Crippen LogP contribution in [0.15, 0.2) is 12.1 Å². The summed E-state index contributed by atoms with van der Waals surface area (Å²) < 4.78 is 11.7. The van der Waals surface area contributed by atoms with E-state index >= 15 is 0 Å².